The Morgan fingerprint density at radius 3 is 1.65 bits per heavy atom. The molecule has 0 aromatic heterocycles. The largest absolute Gasteiger partial charge is 0.417 e. The molecule has 23 heavy (non-hydrogen) atoms. The molecule has 1 nitrogen and oxygen atoms in total. The predicted molar refractivity (Wildman–Crippen MR) is 109 cm³/mol. The van der Waals surface area contributed by atoms with Gasteiger partial charge in [0.05, 0.1) is 0 Å². The van der Waals surface area contributed by atoms with Crippen molar-refractivity contribution in [2.24, 2.45) is 5.92 Å². The Labute approximate surface area is 149 Å². The summed E-state index contributed by atoms with van der Waals surface area (Å²) in [5.41, 5.74) is 0. The van der Waals surface area contributed by atoms with Gasteiger partial charge in [-0.2, -0.15) is 0 Å². The van der Waals surface area contributed by atoms with Gasteiger partial charge in [0.25, 0.3) is 0 Å². The van der Waals surface area contributed by atoms with Crippen molar-refractivity contribution in [1.82, 2.24) is 0 Å². The first-order valence-electron chi connectivity index (χ1n) is 10.3. The van der Waals surface area contributed by atoms with Gasteiger partial charge < -0.3 is 4.43 Å². The summed E-state index contributed by atoms with van der Waals surface area (Å²) in [5, 5.41) is 0.349. The molecule has 0 fully saturated rings. The van der Waals surface area contributed by atoms with Crippen molar-refractivity contribution in [2.45, 2.75) is 123 Å². The molecular formula is C21H46OSi. The van der Waals surface area contributed by atoms with E-state index in [9.17, 15) is 0 Å². The second-order valence-electron chi connectivity index (χ2n) is 9.09. The highest BCUT2D eigenvalue weighted by atomic mass is 28.4. The average molecular weight is 343 g/mol. The summed E-state index contributed by atoms with van der Waals surface area (Å²) in [6.07, 6.45) is 15.4. The minimum Gasteiger partial charge on any atom is -0.417 e. The van der Waals surface area contributed by atoms with Crippen molar-refractivity contribution < 1.29 is 4.43 Å². The standard InChI is InChI=1S/C21H46OSi/c1-8-20(2)18-16-14-12-10-9-11-13-15-17-19-22-23(6,7)21(3,4)5/h20H,8-19H2,1-7H3. The lowest BCUT2D eigenvalue weighted by Crippen LogP contribution is -2.40. The molecule has 0 saturated carbocycles. The van der Waals surface area contributed by atoms with Gasteiger partial charge in [0.2, 0.25) is 0 Å². The normalized spacial score (nSPS) is 14.2. The van der Waals surface area contributed by atoms with Crippen molar-refractivity contribution in [3.8, 4) is 0 Å². The van der Waals surface area contributed by atoms with Crippen LogP contribution in [-0.2, 0) is 4.43 Å². The zero-order valence-corrected chi connectivity index (χ0v) is 18.5. The summed E-state index contributed by atoms with van der Waals surface area (Å²) in [7, 11) is -1.51. The summed E-state index contributed by atoms with van der Waals surface area (Å²) in [5.74, 6) is 0.934. The highest BCUT2D eigenvalue weighted by molar-refractivity contribution is 6.74. The first-order valence-corrected chi connectivity index (χ1v) is 13.3. The highest BCUT2D eigenvalue weighted by Crippen LogP contribution is 2.36. The second-order valence-corrected chi connectivity index (χ2v) is 13.9. The number of rotatable bonds is 14. The zero-order chi connectivity index (χ0) is 17.8. The summed E-state index contributed by atoms with van der Waals surface area (Å²) < 4.78 is 6.23. The molecule has 0 aromatic rings. The summed E-state index contributed by atoms with van der Waals surface area (Å²) in [6.45, 7) is 17.3. The van der Waals surface area contributed by atoms with Crippen LogP contribution in [0.5, 0.6) is 0 Å². The van der Waals surface area contributed by atoms with E-state index in [2.05, 4.69) is 47.7 Å². The lowest BCUT2D eigenvalue weighted by molar-refractivity contribution is 0.277. The Morgan fingerprint density at radius 2 is 1.22 bits per heavy atom. The van der Waals surface area contributed by atoms with Crippen LogP contribution < -0.4 is 0 Å². The van der Waals surface area contributed by atoms with Gasteiger partial charge in [-0.25, -0.2) is 0 Å². The Bertz CT molecular complexity index is 268. The van der Waals surface area contributed by atoms with Crippen molar-refractivity contribution in [1.29, 1.82) is 0 Å². The van der Waals surface area contributed by atoms with Crippen LogP contribution in [0, 0.1) is 5.92 Å². The van der Waals surface area contributed by atoms with Gasteiger partial charge in [-0.3, -0.25) is 0 Å². The smallest absolute Gasteiger partial charge is 0.191 e. The van der Waals surface area contributed by atoms with Gasteiger partial charge in [0.15, 0.2) is 8.32 Å². The number of hydrogen-bond donors (Lipinski definition) is 0. The van der Waals surface area contributed by atoms with E-state index in [1.165, 1.54) is 70.6 Å². The summed E-state index contributed by atoms with van der Waals surface area (Å²) in [6, 6.07) is 0. The SMILES string of the molecule is CCC(C)CCCCCCCCCCCO[Si](C)(C)C(C)(C)C. The minimum atomic E-state index is -1.51. The van der Waals surface area contributed by atoms with Crippen LogP contribution in [0.4, 0.5) is 0 Å². The molecule has 0 spiro atoms. The van der Waals surface area contributed by atoms with Gasteiger partial charge in [-0.05, 0) is 30.5 Å². The molecule has 0 heterocycles. The molecule has 0 aliphatic carbocycles. The molecule has 1 atom stereocenters. The van der Waals surface area contributed by atoms with E-state index in [1.54, 1.807) is 0 Å². The van der Waals surface area contributed by atoms with Crippen molar-refractivity contribution in [3.05, 3.63) is 0 Å². The molecule has 0 aromatic carbocycles. The Balaban J connectivity index is 3.32. The first kappa shape index (κ1) is 23.2. The molecule has 0 amide bonds. The number of unbranched alkanes of at least 4 members (excludes halogenated alkanes) is 8. The quantitative estimate of drug-likeness (QED) is 0.230. The van der Waals surface area contributed by atoms with Crippen LogP contribution in [0.25, 0.3) is 0 Å². The van der Waals surface area contributed by atoms with Crippen LogP contribution >= 0.6 is 0 Å². The van der Waals surface area contributed by atoms with Gasteiger partial charge in [-0.1, -0.05) is 98.8 Å². The van der Waals surface area contributed by atoms with Crippen LogP contribution in [0.3, 0.4) is 0 Å². The Hall–Kier alpha value is 0.177. The van der Waals surface area contributed by atoms with Gasteiger partial charge in [-0.15, -0.1) is 0 Å². The van der Waals surface area contributed by atoms with E-state index in [1.807, 2.05) is 0 Å². The monoisotopic (exact) mass is 342 g/mol. The third-order valence-corrected chi connectivity index (χ3v) is 10.3. The van der Waals surface area contributed by atoms with Crippen molar-refractivity contribution >= 4 is 8.32 Å². The van der Waals surface area contributed by atoms with Gasteiger partial charge in [0.1, 0.15) is 0 Å². The van der Waals surface area contributed by atoms with Crippen molar-refractivity contribution in [2.75, 3.05) is 6.61 Å². The fourth-order valence-corrected chi connectivity index (χ4v) is 3.67. The van der Waals surface area contributed by atoms with Crippen molar-refractivity contribution in [3.63, 3.8) is 0 Å². The zero-order valence-electron chi connectivity index (χ0n) is 17.5. The maximum Gasteiger partial charge on any atom is 0.191 e. The maximum absolute atomic E-state index is 6.23. The topological polar surface area (TPSA) is 9.23 Å². The van der Waals surface area contributed by atoms with E-state index < -0.39 is 8.32 Å². The minimum absolute atomic E-state index is 0.349. The molecule has 1 unspecified atom stereocenters. The fourth-order valence-electron chi connectivity index (χ4n) is 2.58. The Kier molecular flexibility index (Phi) is 12.6. The van der Waals surface area contributed by atoms with E-state index in [0.29, 0.717) is 5.04 Å². The van der Waals surface area contributed by atoms with Crippen LogP contribution in [0.15, 0.2) is 0 Å². The van der Waals surface area contributed by atoms with Crippen LogP contribution in [0.2, 0.25) is 18.1 Å². The predicted octanol–water partition coefficient (Wildman–Crippen LogP) is 7.96. The van der Waals surface area contributed by atoms with E-state index in [0.717, 1.165) is 12.5 Å². The fraction of sp³-hybridized carbons (Fsp3) is 1.00. The van der Waals surface area contributed by atoms with E-state index >= 15 is 0 Å². The third-order valence-electron chi connectivity index (χ3n) is 5.81. The van der Waals surface area contributed by atoms with Gasteiger partial charge >= 0.3 is 0 Å². The lowest BCUT2D eigenvalue weighted by Gasteiger charge is -2.36. The summed E-state index contributed by atoms with van der Waals surface area (Å²) in [4.78, 5) is 0. The maximum atomic E-state index is 6.23. The third kappa shape index (κ3) is 12.2. The molecular weight excluding hydrogens is 296 g/mol. The molecule has 0 saturated heterocycles. The molecule has 2 heteroatoms. The molecule has 0 aliphatic rings. The van der Waals surface area contributed by atoms with Gasteiger partial charge in [0, 0.05) is 6.61 Å². The van der Waals surface area contributed by atoms with E-state index in [-0.39, 0.29) is 0 Å². The Morgan fingerprint density at radius 1 is 0.783 bits per heavy atom. The molecule has 0 bridgehead atoms. The molecule has 140 valence electrons. The van der Waals surface area contributed by atoms with Crippen LogP contribution in [0.1, 0.15) is 105 Å². The highest BCUT2D eigenvalue weighted by Gasteiger charge is 2.36. The lowest BCUT2D eigenvalue weighted by atomic mass is 9.99. The number of hydrogen-bond acceptors (Lipinski definition) is 1. The molecule has 0 rings (SSSR count). The van der Waals surface area contributed by atoms with E-state index in [4.69, 9.17) is 4.43 Å². The second kappa shape index (κ2) is 12.5. The molecule has 0 radical (unpaired) electrons. The molecule has 0 aliphatic heterocycles. The molecule has 0 N–H and O–H groups in total. The van der Waals surface area contributed by atoms with Crippen LogP contribution in [-0.4, -0.2) is 14.9 Å². The first-order chi connectivity index (χ1) is 10.7. The average Bonchev–Trinajstić information content (AvgIpc) is 2.46. The summed E-state index contributed by atoms with van der Waals surface area (Å²) >= 11 is 0.